The first-order valence-corrected chi connectivity index (χ1v) is 14.3. The number of anilines is 1. The van der Waals surface area contributed by atoms with E-state index in [9.17, 15) is 14.0 Å². The normalized spacial score (nSPS) is 23.1. The average molecular weight is 558 g/mol. The van der Waals surface area contributed by atoms with Crippen molar-refractivity contribution in [3.05, 3.63) is 76.7 Å². The molecule has 3 aliphatic heterocycles. The lowest BCUT2D eigenvalue weighted by atomic mass is 10.1. The Morgan fingerprint density at radius 1 is 1.12 bits per heavy atom. The lowest BCUT2D eigenvalue weighted by molar-refractivity contribution is -0.116. The van der Waals surface area contributed by atoms with Crippen molar-refractivity contribution in [3.63, 3.8) is 0 Å². The van der Waals surface area contributed by atoms with Gasteiger partial charge in [-0.05, 0) is 49.4 Å². The van der Waals surface area contributed by atoms with Gasteiger partial charge in [-0.1, -0.05) is 13.0 Å². The smallest absolute Gasteiger partial charge is 0.251 e. The first-order valence-electron chi connectivity index (χ1n) is 14.3. The minimum Gasteiger partial charge on any atom is -0.487 e. The average Bonchev–Trinajstić information content (AvgIpc) is 3.50. The van der Waals surface area contributed by atoms with Crippen LogP contribution in [-0.2, 0) is 17.8 Å². The SMILES string of the molecule is CCN1CCN(Cc2ccc(C(=O)N[C@H]3[C@H]4Oc5ccc(Oc6ccnc7c6CCC(=O)N7)cc5[C@@H]34)cc2F)CC1. The van der Waals surface area contributed by atoms with Crippen LogP contribution in [0, 0.1) is 5.82 Å². The molecule has 1 saturated carbocycles. The van der Waals surface area contributed by atoms with Crippen molar-refractivity contribution in [2.75, 3.05) is 38.0 Å². The number of piperazine rings is 1. The van der Waals surface area contributed by atoms with Crippen LogP contribution in [0.1, 0.15) is 46.3 Å². The molecule has 41 heavy (non-hydrogen) atoms. The Balaban J connectivity index is 0.991. The van der Waals surface area contributed by atoms with E-state index in [-0.39, 0.29) is 35.7 Å². The number of benzene rings is 2. The van der Waals surface area contributed by atoms with Crippen molar-refractivity contribution in [1.29, 1.82) is 0 Å². The summed E-state index contributed by atoms with van der Waals surface area (Å²) >= 11 is 0. The standard InChI is InChI=1S/C31H32FN5O4/c1-2-36-11-13-37(14-12-36)17-19-4-3-18(15-23(19)32)31(39)35-28-27-22-16-20(5-7-24(22)41-29(27)28)40-25-9-10-33-30-21(25)6-8-26(38)34-30/h3-5,7,9-10,15-16,27-29H,2,6,8,11-14,17H2,1H3,(H,35,39)(H,33,34,38)/t27-,28+,29-/m0/s1. The Bertz CT molecular complexity index is 1520. The van der Waals surface area contributed by atoms with Crippen LogP contribution in [0.25, 0.3) is 0 Å². The second-order valence-electron chi connectivity index (χ2n) is 11.1. The zero-order valence-electron chi connectivity index (χ0n) is 22.9. The fraction of sp³-hybridized carbons (Fsp3) is 0.387. The van der Waals surface area contributed by atoms with Gasteiger partial charge >= 0.3 is 0 Å². The summed E-state index contributed by atoms with van der Waals surface area (Å²) < 4.78 is 27.2. The topological polar surface area (TPSA) is 96.0 Å². The van der Waals surface area contributed by atoms with Gasteiger partial charge in [-0.2, -0.15) is 0 Å². The summed E-state index contributed by atoms with van der Waals surface area (Å²) in [5.74, 6) is 1.90. The fourth-order valence-corrected chi connectivity index (χ4v) is 6.11. The van der Waals surface area contributed by atoms with Crippen molar-refractivity contribution >= 4 is 17.6 Å². The highest BCUT2D eigenvalue weighted by Crippen LogP contribution is 2.54. The molecule has 10 heteroatoms. The van der Waals surface area contributed by atoms with Crippen LogP contribution in [0.2, 0.25) is 0 Å². The Kier molecular flexibility index (Phi) is 6.59. The van der Waals surface area contributed by atoms with E-state index in [2.05, 4.69) is 32.3 Å². The maximum atomic E-state index is 15.0. The van der Waals surface area contributed by atoms with Crippen LogP contribution < -0.4 is 20.1 Å². The predicted octanol–water partition coefficient (Wildman–Crippen LogP) is 3.69. The van der Waals surface area contributed by atoms with Gasteiger partial charge in [0.25, 0.3) is 5.91 Å². The van der Waals surface area contributed by atoms with Gasteiger partial charge in [0, 0.05) is 67.6 Å². The number of aromatic nitrogens is 1. The number of pyridine rings is 1. The van der Waals surface area contributed by atoms with Crippen LogP contribution in [0.15, 0.2) is 48.7 Å². The number of carbonyl (C=O) groups is 2. The van der Waals surface area contributed by atoms with E-state index in [1.54, 1.807) is 24.4 Å². The van der Waals surface area contributed by atoms with E-state index in [0.717, 1.165) is 49.6 Å². The maximum absolute atomic E-state index is 15.0. The van der Waals surface area contributed by atoms with E-state index in [4.69, 9.17) is 9.47 Å². The summed E-state index contributed by atoms with van der Waals surface area (Å²) in [4.78, 5) is 33.6. The van der Waals surface area contributed by atoms with Gasteiger partial charge < -0.3 is 25.0 Å². The number of nitrogens with one attached hydrogen (secondary N) is 2. The summed E-state index contributed by atoms with van der Waals surface area (Å²) in [6.45, 7) is 7.55. The van der Waals surface area contributed by atoms with Crippen LogP contribution >= 0.6 is 0 Å². The van der Waals surface area contributed by atoms with Crippen molar-refractivity contribution in [3.8, 4) is 17.2 Å². The number of amides is 2. The number of likely N-dealkylation sites (N-methyl/N-ethyl adjacent to an activating group) is 1. The number of hydrogen-bond acceptors (Lipinski definition) is 7. The van der Waals surface area contributed by atoms with Gasteiger partial charge in [-0.25, -0.2) is 9.37 Å². The lowest BCUT2D eigenvalue weighted by Gasteiger charge is -2.34. The van der Waals surface area contributed by atoms with Gasteiger partial charge in [-0.3, -0.25) is 14.5 Å². The monoisotopic (exact) mass is 557 g/mol. The van der Waals surface area contributed by atoms with Crippen LogP contribution in [0.3, 0.4) is 0 Å². The molecule has 0 spiro atoms. The lowest BCUT2D eigenvalue weighted by Crippen LogP contribution is -2.45. The number of ether oxygens (including phenoxy) is 2. The Morgan fingerprint density at radius 2 is 1.95 bits per heavy atom. The molecule has 7 rings (SSSR count). The van der Waals surface area contributed by atoms with Crippen molar-refractivity contribution in [1.82, 2.24) is 20.1 Å². The van der Waals surface area contributed by atoms with Crippen LogP contribution in [0.4, 0.5) is 10.2 Å². The summed E-state index contributed by atoms with van der Waals surface area (Å²) in [6.07, 6.45) is 2.41. The Morgan fingerprint density at radius 3 is 2.76 bits per heavy atom. The minimum atomic E-state index is -0.354. The molecule has 2 aromatic carbocycles. The molecule has 2 N–H and O–H groups in total. The van der Waals surface area contributed by atoms with Gasteiger partial charge in [0.05, 0.1) is 12.0 Å². The Labute approximate surface area is 237 Å². The third-order valence-electron chi connectivity index (χ3n) is 8.58. The van der Waals surface area contributed by atoms with Crippen molar-refractivity contribution in [2.45, 2.75) is 44.4 Å². The molecular formula is C31H32FN5O4. The molecule has 4 heterocycles. The molecule has 0 unspecified atom stereocenters. The van der Waals surface area contributed by atoms with E-state index in [0.29, 0.717) is 47.8 Å². The molecule has 212 valence electrons. The van der Waals surface area contributed by atoms with Gasteiger partial charge in [-0.15, -0.1) is 0 Å². The van der Waals surface area contributed by atoms with E-state index < -0.39 is 0 Å². The quantitative estimate of drug-likeness (QED) is 0.458. The second-order valence-corrected chi connectivity index (χ2v) is 11.1. The van der Waals surface area contributed by atoms with E-state index >= 15 is 0 Å². The van der Waals surface area contributed by atoms with Crippen molar-refractivity contribution in [2.24, 2.45) is 0 Å². The summed E-state index contributed by atoms with van der Waals surface area (Å²) in [7, 11) is 0. The molecule has 2 fully saturated rings. The highest BCUT2D eigenvalue weighted by molar-refractivity contribution is 5.95. The molecule has 9 nitrogen and oxygen atoms in total. The van der Waals surface area contributed by atoms with Crippen LogP contribution in [0.5, 0.6) is 17.2 Å². The molecule has 4 aliphatic rings. The minimum absolute atomic E-state index is 0.00838. The summed E-state index contributed by atoms with van der Waals surface area (Å²) in [5, 5.41) is 5.82. The summed E-state index contributed by atoms with van der Waals surface area (Å²) in [5.41, 5.74) is 2.76. The molecular weight excluding hydrogens is 525 g/mol. The van der Waals surface area contributed by atoms with Gasteiger partial charge in [0.1, 0.15) is 35.0 Å². The maximum Gasteiger partial charge on any atom is 0.251 e. The number of carbonyl (C=O) groups excluding carboxylic acids is 2. The Hall–Kier alpha value is -4.02. The third-order valence-corrected chi connectivity index (χ3v) is 8.58. The molecule has 3 atom stereocenters. The zero-order valence-corrected chi connectivity index (χ0v) is 22.9. The first kappa shape index (κ1) is 25.9. The molecule has 0 bridgehead atoms. The fourth-order valence-electron chi connectivity index (χ4n) is 6.11. The number of rotatable bonds is 7. The number of nitrogens with zero attached hydrogens (tertiary/aromatic N) is 3. The van der Waals surface area contributed by atoms with Crippen molar-refractivity contribution < 1.29 is 23.5 Å². The van der Waals surface area contributed by atoms with E-state index in [1.165, 1.54) is 6.07 Å². The highest BCUT2D eigenvalue weighted by atomic mass is 19.1. The molecule has 0 radical (unpaired) electrons. The largest absolute Gasteiger partial charge is 0.487 e. The third kappa shape index (κ3) is 5.02. The molecule has 1 saturated heterocycles. The molecule has 2 amide bonds. The first-order chi connectivity index (χ1) is 20.0. The predicted molar refractivity (Wildman–Crippen MR) is 150 cm³/mol. The zero-order chi connectivity index (χ0) is 28.1. The summed E-state index contributed by atoms with van der Waals surface area (Å²) in [6, 6.07) is 12.0. The number of fused-ring (bicyclic) bond motifs is 4. The number of hydrogen-bond donors (Lipinski definition) is 2. The molecule has 1 aromatic heterocycles. The number of halogens is 1. The second kappa shape index (κ2) is 10.4. The molecule has 1 aliphatic carbocycles. The molecule has 3 aromatic rings. The van der Waals surface area contributed by atoms with Gasteiger partial charge in [0.2, 0.25) is 5.91 Å². The van der Waals surface area contributed by atoms with Crippen LogP contribution in [-0.4, -0.2) is 71.5 Å². The highest BCUT2D eigenvalue weighted by Gasteiger charge is 2.59. The van der Waals surface area contributed by atoms with E-state index in [1.807, 2.05) is 18.2 Å². The van der Waals surface area contributed by atoms with Gasteiger partial charge in [0.15, 0.2) is 0 Å².